The Labute approximate surface area is 169 Å². The molecule has 5 rings (SSSR count). The van der Waals surface area contributed by atoms with Crippen LogP contribution in [0.5, 0.6) is 0 Å². The fraction of sp³-hybridized carbons (Fsp3) is 0.545. The number of hydrogen-bond acceptors (Lipinski definition) is 3. The molecule has 4 saturated carbocycles. The molecule has 27 heavy (non-hydrogen) atoms. The number of nitrogens with one attached hydrogen (secondary N) is 2. The van der Waals surface area contributed by atoms with Gasteiger partial charge in [0, 0.05) is 22.4 Å². The van der Waals surface area contributed by atoms with Gasteiger partial charge in [-0.15, -0.1) is 0 Å². The van der Waals surface area contributed by atoms with E-state index in [1.807, 2.05) is 30.3 Å². The molecule has 4 aliphatic rings. The zero-order valence-electron chi connectivity index (χ0n) is 15.7. The number of anilines is 1. The van der Waals surface area contributed by atoms with Crippen LogP contribution in [0.4, 0.5) is 5.69 Å². The zero-order valence-corrected chi connectivity index (χ0v) is 17.3. The van der Waals surface area contributed by atoms with Crippen molar-refractivity contribution in [1.82, 2.24) is 5.32 Å². The van der Waals surface area contributed by atoms with Gasteiger partial charge in [0.05, 0.1) is 0 Å². The lowest BCUT2D eigenvalue weighted by atomic mass is 9.48. The van der Waals surface area contributed by atoms with Crippen molar-refractivity contribution in [1.29, 1.82) is 5.26 Å². The molecular formula is C22H26BrN3O. The summed E-state index contributed by atoms with van der Waals surface area (Å²) in [5.74, 6) is 2.27. The number of halogens is 1. The smallest absolute Gasteiger partial charge is 0.263 e. The summed E-state index contributed by atoms with van der Waals surface area (Å²) >= 11 is 3.40. The van der Waals surface area contributed by atoms with E-state index in [-0.39, 0.29) is 22.9 Å². The topological polar surface area (TPSA) is 64.9 Å². The van der Waals surface area contributed by atoms with Crippen LogP contribution in [0.25, 0.3) is 0 Å². The van der Waals surface area contributed by atoms with Gasteiger partial charge in [-0.1, -0.05) is 15.9 Å². The van der Waals surface area contributed by atoms with Crippen molar-refractivity contribution in [2.45, 2.75) is 51.5 Å². The van der Waals surface area contributed by atoms with Gasteiger partial charge in [-0.25, -0.2) is 0 Å². The van der Waals surface area contributed by atoms with Gasteiger partial charge in [0.1, 0.15) is 11.6 Å². The highest BCUT2D eigenvalue weighted by Gasteiger charge is 2.53. The number of rotatable bonds is 5. The lowest BCUT2D eigenvalue weighted by Gasteiger charge is -2.59. The van der Waals surface area contributed by atoms with Crippen molar-refractivity contribution < 1.29 is 4.79 Å². The van der Waals surface area contributed by atoms with E-state index in [2.05, 4.69) is 33.5 Å². The SMILES string of the molecule is CC(NC(=O)/C(C#N)=C\Nc1ccc(Br)cc1)C12CC3CC(CC(C3)C1)C2. The molecule has 1 aromatic carbocycles. The average molecular weight is 428 g/mol. The molecule has 0 heterocycles. The highest BCUT2D eigenvalue weighted by Crippen LogP contribution is 2.61. The standard InChI is InChI=1S/C22H26BrN3O/c1-14(22-9-15-6-16(10-22)8-17(7-15)11-22)26-21(27)18(12-24)13-25-20-4-2-19(23)3-5-20/h2-5,13-17,25H,6-11H2,1H3,(H,26,27)/b18-13-. The normalized spacial score (nSPS) is 32.6. The first kappa shape index (κ1) is 18.6. The molecule has 5 heteroatoms. The Morgan fingerprint density at radius 3 is 2.26 bits per heavy atom. The van der Waals surface area contributed by atoms with Crippen molar-refractivity contribution in [3.8, 4) is 6.07 Å². The predicted octanol–water partition coefficient (Wildman–Crippen LogP) is 4.99. The highest BCUT2D eigenvalue weighted by molar-refractivity contribution is 9.10. The Balaban J connectivity index is 1.42. The number of nitrogens with zero attached hydrogens (tertiary/aromatic N) is 1. The molecule has 0 radical (unpaired) electrons. The summed E-state index contributed by atoms with van der Waals surface area (Å²) in [5.41, 5.74) is 1.20. The number of hydrogen-bond donors (Lipinski definition) is 2. The van der Waals surface area contributed by atoms with Crippen molar-refractivity contribution in [3.63, 3.8) is 0 Å². The van der Waals surface area contributed by atoms with Gasteiger partial charge in [0.2, 0.25) is 0 Å². The third-order valence-electron chi connectivity index (χ3n) is 6.94. The van der Waals surface area contributed by atoms with Crippen LogP contribution < -0.4 is 10.6 Å². The molecule has 2 N–H and O–H groups in total. The van der Waals surface area contributed by atoms with Crippen LogP contribution in [0.15, 0.2) is 40.5 Å². The van der Waals surface area contributed by atoms with E-state index >= 15 is 0 Å². The molecule has 4 fully saturated rings. The van der Waals surface area contributed by atoms with Crippen LogP contribution in [-0.4, -0.2) is 11.9 Å². The molecule has 1 aromatic rings. The maximum atomic E-state index is 12.7. The molecule has 4 bridgehead atoms. The fourth-order valence-electron chi connectivity index (χ4n) is 5.99. The number of benzene rings is 1. The number of carbonyl (C=O) groups excluding carboxylic acids is 1. The van der Waals surface area contributed by atoms with Crippen LogP contribution in [-0.2, 0) is 4.79 Å². The van der Waals surface area contributed by atoms with E-state index in [0.717, 1.165) is 27.9 Å². The number of carbonyl (C=O) groups is 1. The summed E-state index contributed by atoms with van der Waals surface area (Å²) in [6, 6.07) is 9.77. The summed E-state index contributed by atoms with van der Waals surface area (Å²) in [6.07, 6.45) is 9.39. The van der Waals surface area contributed by atoms with Crippen molar-refractivity contribution in [2.75, 3.05) is 5.32 Å². The molecule has 1 unspecified atom stereocenters. The Kier molecular flexibility index (Phi) is 5.03. The predicted molar refractivity (Wildman–Crippen MR) is 110 cm³/mol. The Bertz CT molecular complexity index is 757. The lowest BCUT2D eigenvalue weighted by Crippen LogP contribution is -2.56. The summed E-state index contributed by atoms with van der Waals surface area (Å²) in [7, 11) is 0. The van der Waals surface area contributed by atoms with Gasteiger partial charge in [-0.2, -0.15) is 5.26 Å². The van der Waals surface area contributed by atoms with Crippen LogP contribution in [0.2, 0.25) is 0 Å². The van der Waals surface area contributed by atoms with E-state index in [1.165, 1.54) is 44.7 Å². The van der Waals surface area contributed by atoms with Crippen LogP contribution in [0, 0.1) is 34.5 Å². The minimum Gasteiger partial charge on any atom is -0.360 e. The van der Waals surface area contributed by atoms with Crippen LogP contribution >= 0.6 is 15.9 Å². The molecule has 0 aliphatic heterocycles. The third kappa shape index (κ3) is 3.78. The van der Waals surface area contributed by atoms with Crippen molar-refractivity contribution in [3.05, 3.63) is 40.5 Å². The zero-order chi connectivity index (χ0) is 19.0. The average Bonchev–Trinajstić information content (AvgIpc) is 2.62. The molecule has 142 valence electrons. The molecule has 1 atom stereocenters. The van der Waals surface area contributed by atoms with Gasteiger partial charge in [0.15, 0.2) is 0 Å². The quantitative estimate of drug-likeness (QED) is 0.513. The summed E-state index contributed by atoms with van der Waals surface area (Å²) in [6.45, 7) is 2.14. The Hall–Kier alpha value is -1.80. The fourth-order valence-corrected chi connectivity index (χ4v) is 6.25. The van der Waals surface area contributed by atoms with Gasteiger partial charge >= 0.3 is 0 Å². The van der Waals surface area contributed by atoms with Crippen molar-refractivity contribution >= 4 is 27.5 Å². The van der Waals surface area contributed by atoms with E-state index < -0.39 is 0 Å². The maximum absolute atomic E-state index is 12.7. The van der Waals surface area contributed by atoms with E-state index in [9.17, 15) is 10.1 Å². The van der Waals surface area contributed by atoms with E-state index in [0.29, 0.717) is 0 Å². The summed E-state index contributed by atoms with van der Waals surface area (Å²) in [4.78, 5) is 12.7. The van der Waals surface area contributed by atoms with Gasteiger partial charge < -0.3 is 10.6 Å². The second kappa shape index (κ2) is 7.31. The lowest BCUT2D eigenvalue weighted by molar-refractivity contribution is -0.122. The minimum absolute atomic E-state index is 0.114. The monoisotopic (exact) mass is 427 g/mol. The van der Waals surface area contributed by atoms with Crippen molar-refractivity contribution in [2.24, 2.45) is 23.2 Å². The second-order valence-corrected chi connectivity index (χ2v) is 9.71. The minimum atomic E-state index is -0.273. The maximum Gasteiger partial charge on any atom is 0.263 e. The van der Waals surface area contributed by atoms with Gasteiger partial charge in [-0.3, -0.25) is 4.79 Å². The summed E-state index contributed by atoms with van der Waals surface area (Å²) in [5, 5.41) is 15.6. The molecule has 4 nitrogen and oxygen atoms in total. The third-order valence-corrected chi connectivity index (χ3v) is 7.47. The molecule has 0 aromatic heterocycles. The summed E-state index contributed by atoms with van der Waals surface area (Å²) < 4.78 is 0.986. The van der Waals surface area contributed by atoms with Gasteiger partial charge in [0.25, 0.3) is 5.91 Å². The molecule has 4 aliphatic carbocycles. The largest absolute Gasteiger partial charge is 0.360 e. The number of nitriles is 1. The second-order valence-electron chi connectivity index (χ2n) is 8.80. The molecule has 0 spiro atoms. The van der Waals surface area contributed by atoms with Gasteiger partial charge in [-0.05, 0) is 92.9 Å². The van der Waals surface area contributed by atoms with E-state index in [4.69, 9.17) is 0 Å². The molecular weight excluding hydrogens is 402 g/mol. The first-order valence-electron chi connectivity index (χ1n) is 9.91. The molecule has 0 saturated heterocycles. The van der Waals surface area contributed by atoms with E-state index in [1.54, 1.807) is 0 Å². The molecule has 1 amide bonds. The highest BCUT2D eigenvalue weighted by atomic mass is 79.9. The first-order valence-corrected chi connectivity index (χ1v) is 10.7. The Morgan fingerprint density at radius 2 is 1.74 bits per heavy atom. The Morgan fingerprint density at radius 1 is 1.19 bits per heavy atom. The number of amides is 1. The van der Waals surface area contributed by atoms with Crippen LogP contribution in [0.3, 0.4) is 0 Å². The van der Waals surface area contributed by atoms with Crippen LogP contribution in [0.1, 0.15) is 45.4 Å². The first-order chi connectivity index (χ1) is 13.0.